The zero-order valence-electron chi connectivity index (χ0n) is 17.7. The topological polar surface area (TPSA) is 138 Å². The highest BCUT2D eigenvalue weighted by atomic mass is 35.5. The van der Waals surface area contributed by atoms with E-state index in [9.17, 15) is 14.0 Å². The molecule has 1 aliphatic heterocycles. The van der Waals surface area contributed by atoms with Crippen molar-refractivity contribution in [3.8, 4) is 22.6 Å². The van der Waals surface area contributed by atoms with Gasteiger partial charge in [-0.15, -0.1) is 22.6 Å². The van der Waals surface area contributed by atoms with Crippen LogP contribution in [0.2, 0.25) is 0 Å². The number of hydrogen-bond donors (Lipinski definition) is 1. The van der Waals surface area contributed by atoms with E-state index in [1.807, 2.05) is 0 Å². The average molecular weight is 478 g/mol. The van der Waals surface area contributed by atoms with Gasteiger partial charge in [-0.2, -0.15) is 4.80 Å². The molecule has 1 fully saturated rings. The van der Waals surface area contributed by atoms with Crippen LogP contribution in [0.4, 0.5) is 14.9 Å². The van der Waals surface area contributed by atoms with Crippen molar-refractivity contribution < 1.29 is 23.5 Å². The van der Waals surface area contributed by atoms with Gasteiger partial charge in [0.15, 0.2) is 0 Å². The molecular formula is C20H21ClFN7O4. The predicted molar refractivity (Wildman–Crippen MR) is 117 cm³/mol. The summed E-state index contributed by atoms with van der Waals surface area (Å²) in [6.07, 6.45) is -0.332. The number of pyridine rings is 1. The van der Waals surface area contributed by atoms with Crippen LogP contribution in [0.25, 0.3) is 22.6 Å². The third kappa shape index (κ3) is 4.91. The Hall–Kier alpha value is -3.64. The number of hydrogen-bond acceptors (Lipinski definition) is 9. The molecule has 2 aromatic heterocycles. The lowest BCUT2D eigenvalue weighted by atomic mass is 10.1. The van der Waals surface area contributed by atoms with Crippen LogP contribution < -0.4 is 10.6 Å². The second-order valence-corrected chi connectivity index (χ2v) is 7.09. The largest absolute Gasteiger partial charge is 0.423 e. The van der Waals surface area contributed by atoms with E-state index in [-0.39, 0.29) is 31.1 Å². The number of aryl methyl sites for hydroxylation is 1. The van der Waals surface area contributed by atoms with E-state index < -0.39 is 30.2 Å². The predicted octanol–water partition coefficient (Wildman–Crippen LogP) is 2.06. The number of benzene rings is 1. The summed E-state index contributed by atoms with van der Waals surface area (Å²) in [4.78, 5) is 30.8. The van der Waals surface area contributed by atoms with Gasteiger partial charge in [0.05, 0.1) is 19.2 Å². The minimum atomic E-state index is -1.10. The van der Waals surface area contributed by atoms with Crippen molar-refractivity contribution in [2.24, 2.45) is 12.8 Å². The summed E-state index contributed by atoms with van der Waals surface area (Å²) < 4.78 is 25.2. The number of carbonyl (C=O) groups is 2. The van der Waals surface area contributed by atoms with Crippen molar-refractivity contribution >= 4 is 30.2 Å². The molecule has 174 valence electrons. The molecule has 11 nitrogen and oxygen atoms in total. The van der Waals surface area contributed by atoms with Crippen LogP contribution in [-0.2, 0) is 21.3 Å². The molecule has 0 radical (unpaired) electrons. The number of esters is 1. The second-order valence-electron chi connectivity index (χ2n) is 7.09. The first-order chi connectivity index (χ1) is 15.4. The lowest BCUT2D eigenvalue weighted by Gasteiger charge is -2.21. The maximum atomic E-state index is 14.9. The maximum absolute atomic E-state index is 14.9. The summed E-state index contributed by atoms with van der Waals surface area (Å²) in [6.45, 7) is 1.76. The molecule has 1 aromatic carbocycles. The summed E-state index contributed by atoms with van der Waals surface area (Å²) in [7, 11) is 1.64. The fraction of sp³-hybridized carbons (Fsp3) is 0.300. The van der Waals surface area contributed by atoms with Crippen LogP contribution in [-0.4, -0.2) is 56.1 Å². The molecule has 0 spiro atoms. The smallest absolute Gasteiger partial charge is 0.417 e. The molecule has 1 saturated heterocycles. The van der Waals surface area contributed by atoms with Crippen LogP contribution in [0.5, 0.6) is 0 Å². The van der Waals surface area contributed by atoms with Crippen molar-refractivity contribution in [1.82, 2.24) is 25.2 Å². The van der Waals surface area contributed by atoms with Gasteiger partial charge in [-0.25, -0.2) is 9.18 Å². The third-order valence-electron chi connectivity index (χ3n) is 4.85. The highest BCUT2D eigenvalue weighted by Crippen LogP contribution is 2.32. The van der Waals surface area contributed by atoms with Crippen LogP contribution in [0.1, 0.15) is 13.3 Å². The summed E-state index contributed by atoms with van der Waals surface area (Å²) in [5.74, 6) is -0.774. The summed E-state index contributed by atoms with van der Waals surface area (Å²) in [5.41, 5.74) is 6.93. The Kier molecular flexibility index (Phi) is 7.19. The zero-order chi connectivity index (χ0) is 22.8. The van der Waals surface area contributed by atoms with Gasteiger partial charge in [-0.05, 0) is 36.4 Å². The average Bonchev–Trinajstić information content (AvgIpc) is 3.31. The Morgan fingerprint density at radius 2 is 2.09 bits per heavy atom. The number of rotatable bonds is 6. The summed E-state index contributed by atoms with van der Waals surface area (Å²) in [6, 6.07) is 7.05. The van der Waals surface area contributed by atoms with E-state index in [1.165, 1.54) is 28.0 Å². The fourth-order valence-corrected chi connectivity index (χ4v) is 3.27. The molecule has 1 aliphatic rings. The Labute approximate surface area is 194 Å². The highest BCUT2D eigenvalue weighted by molar-refractivity contribution is 5.91. The van der Waals surface area contributed by atoms with Crippen LogP contribution >= 0.6 is 12.4 Å². The Morgan fingerprint density at radius 1 is 1.30 bits per heavy atom. The van der Waals surface area contributed by atoms with Crippen molar-refractivity contribution in [2.75, 3.05) is 11.4 Å². The van der Waals surface area contributed by atoms with Gasteiger partial charge in [-0.3, -0.25) is 14.7 Å². The molecular weight excluding hydrogens is 457 g/mol. The van der Waals surface area contributed by atoms with Crippen molar-refractivity contribution in [3.63, 3.8) is 0 Å². The Morgan fingerprint density at radius 3 is 2.70 bits per heavy atom. The number of nitrogens with two attached hydrogens (primary N) is 1. The molecule has 3 heterocycles. The standard InChI is InChI=1S/C20H20FN7O4.ClH/c1-11-19(31-17(29)7-8-22)32-20(30)28(11)13-4-5-14(15(21)9-13)12-3-6-16(23-10-12)18-24-26-27(2)25-18;/h3-6,9-11,19H,7-8,22H2,1-2H3;1H/t11-,19?;/m1./s1. The molecule has 3 aromatic rings. The second kappa shape index (κ2) is 9.88. The van der Waals surface area contributed by atoms with E-state index in [0.717, 1.165) is 0 Å². The minimum Gasteiger partial charge on any atom is -0.423 e. The van der Waals surface area contributed by atoms with Gasteiger partial charge in [0.1, 0.15) is 17.6 Å². The third-order valence-corrected chi connectivity index (χ3v) is 4.85. The number of tetrazole rings is 1. The van der Waals surface area contributed by atoms with Crippen molar-refractivity contribution in [2.45, 2.75) is 25.7 Å². The molecule has 2 atom stereocenters. The van der Waals surface area contributed by atoms with E-state index in [1.54, 1.807) is 32.2 Å². The van der Waals surface area contributed by atoms with E-state index in [0.29, 0.717) is 22.6 Å². The first-order valence-corrected chi connectivity index (χ1v) is 9.77. The highest BCUT2D eigenvalue weighted by Gasteiger charge is 2.42. The SMILES string of the molecule is C[C@@H]1C(OC(=O)CCN)OC(=O)N1c1ccc(-c2ccc(-c3nnn(C)n3)nc2)c(F)c1.Cl. The summed E-state index contributed by atoms with van der Waals surface area (Å²) >= 11 is 0. The number of amides is 1. The molecule has 0 saturated carbocycles. The quantitative estimate of drug-likeness (QED) is 0.528. The number of aromatic nitrogens is 5. The zero-order valence-corrected chi connectivity index (χ0v) is 18.5. The normalized spacial score (nSPS) is 17.5. The molecule has 33 heavy (non-hydrogen) atoms. The first-order valence-electron chi connectivity index (χ1n) is 9.77. The van der Waals surface area contributed by atoms with Crippen molar-refractivity contribution in [3.05, 3.63) is 42.3 Å². The lowest BCUT2D eigenvalue weighted by Crippen LogP contribution is -2.36. The fourth-order valence-electron chi connectivity index (χ4n) is 3.27. The minimum absolute atomic E-state index is 0. The number of anilines is 1. The monoisotopic (exact) mass is 477 g/mol. The number of cyclic esters (lactones) is 1. The van der Waals surface area contributed by atoms with Crippen molar-refractivity contribution in [1.29, 1.82) is 0 Å². The first kappa shape index (κ1) is 24.0. The molecule has 0 aliphatic carbocycles. The number of carbonyl (C=O) groups excluding carboxylic acids is 2. The molecule has 0 bridgehead atoms. The Bertz CT molecular complexity index is 1160. The van der Waals surface area contributed by atoms with E-state index in [4.69, 9.17) is 15.2 Å². The molecule has 2 N–H and O–H groups in total. The van der Waals surface area contributed by atoms with Gasteiger partial charge in [0.2, 0.25) is 5.82 Å². The van der Waals surface area contributed by atoms with Crippen LogP contribution in [0.3, 0.4) is 0 Å². The molecule has 1 unspecified atom stereocenters. The van der Waals surface area contributed by atoms with E-state index in [2.05, 4.69) is 20.4 Å². The van der Waals surface area contributed by atoms with Gasteiger partial charge in [-0.1, -0.05) is 6.07 Å². The van der Waals surface area contributed by atoms with E-state index >= 15 is 0 Å². The number of nitrogens with zero attached hydrogens (tertiary/aromatic N) is 6. The molecule has 1 amide bonds. The van der Waals surface area contributed by atoms with Crippen LogP contribution in [0, 0.1) is 5.82 Å². The Balaban J connectivity index is 0.00000306. The molecule has 13 heteroatoms. The number of ether oxygens (including phenoxy) is 2. The maximum Gasteiger partial charge on any atom is 0.417 e. The van der Waals surface area contributed by atoms with Gasteiger partial charge in [0, 0.05) is 23.9 Å². The number of halogens is 2. The van der Waals surface area contributed by atoms with Gasteiger partial charge in [0.25, 0.3) is 6.29 Å². The van der Waals surface area contributed by atoms with Gasteiger partial charge < -0.3 is 15.2 Å². The molecule has 4 rings (SSSR count). The lowest BCUT2D eigenvalue weighted by molar-refractivity contribution is -0.164. The van der Waals surface area contributed by atoms with Crippen LogP contribution in [0.15, 0.2) is 36.5 Å². The van der Waals surface area contributed by atoms with Gasteiger partial charge >= 0.3 is 12.1 Å². The summed E-state index contributed by atoms with van der Waals surface area (Å²) in [5, 5.41) is 11.7.